The van der Waals surface area contributed by atoms with E-state index in [0.717, 1.165) is 12.7 Å². The van der Waals surface area contributed by atoms with E-state index in [-0.39, 0.29) is 5.75 Å². The van der Waals surface area contributed by atoms with Crippen LogP contribution in [0, 0.1) is 11.9 Å². The molecule has 0 aliphatic rings. The number of aromatic nitrogens is 4. The Balaban J connectivity index is 2.05. The molecule has 2 N–H and O–H groups in total. The van der Waals surface area contributed by atoms with Gasteiger partial charge in [0.25, 0.3) is 0 Å². The number of nitrogens with one attached hydrogen (secondary N) is 1. The quantitative estimate of drug-likeness (QED) is 0.296. The number of nitrogens with zero attached hydrogens (tertiary/aromatic N) is 4. The molecule has 0 aliphatic carbocycles. The Morgan fingerprint density at radius 1 is 1.35 bits per heavy atom. The zero-order chi connectivity index (χ0) is 16.4. The molecule has 0 fully saturated rings. The molecule has 23 heavy (non-hydrogen) atoms. The monoisotopic (exact) mass is 549 g/mol. The maximum atomic E-state index is 10.1. The highest BCUT2D eigenvalue weighted by Crippen LogP contribution is 2.26. The summed E-state index contributed by atoms with van der Waals surface area (Å²) >= 11 is 9.49. The number of aromatic hydroxyl groups is 1. The zero-order valence-corrected chi connectivity index (χ0v) is 16.6. The Morgan fingerprint density at radius 3 is 2.91 bits per heavy atom. The zero-order valence-electron chi connectivity index (χ0n) is 11.4. The molecule has 0 unspecified atom stereocenters. The van der Waals surface area contributed by atoms with Gasteiger partial charge in [0.15, 0.2) is 5.82 Å². The molecule has 0 aliphatic heterocycles. The Hall–Kier alpha value is -1.34. The van der Waals surface area contributed by atoms with Gasteiger partial charge in [0.2, 0.25) is 4.77 Å². The van der Waals surface area contributed by atoms with Crippen LogP contribution in [-0.4, -0.2) is 31.2 Å². The van der Waals surface area contributed by atoms with Gasteiger partial charge in [0, 0.05) is 27.1 Å². The van der Waals surface area contributed by atoms with Crippen LogP contribution < -0.4 is 0 Å². The van der Waals surface area contributed by atoms with Crippen molar-refractivity contribution in [2.45, 2.75) is 0 Å². The predicted molar refractivity (Wildman–Crippen MR) is 107 cm³/mol. The number of pyridine rings is 1. The van der Waals surface area contributed by atoms with Crippen LogP contribution in [0.2, 0.25) is 0 Å². The highest BCUT2D eigenvalue weighted by atomic mass is 127. The van der Waals surface area contributed by atoms with Gasteiger partial charge in [-0.2, -0.15) is 14.9 Å². The standard InChI is InChI=1S/C14H9I2N5OS/c15-10-4-9(12(22)11(16)5-10)7-18-21-13(19-20-14(21)23)8-2-1-3-17-6-8/h1-7,22H,(H,20,23)/b18-7-. The predicted octanol–water partition coefficient (Wildman–Crippen LogP) is 3.80. The van der Waals surface area contributed by atoms with Crippen LogP contribution in [0.25, 0.3) is 11.4 Å². The molecule has 0 saturated heterocycles. The summed E-state index contributed by atoms with van der Waals surface area (Å²) in [5.74, 6) is 0.742. The highest BCUT2D eigenvalue weighted by molar-refractivity contribution is 14.1. The lowest BCUT2D eigenvalue weighted by Gasteiger charge is -2.04. The number of H-pyrrole nitrogens is 1. The van der Waals surface area contributed by atoms with E-state index in [4.69, 9.17) is 12.2 Å². The van der Waals surface area contributed by atoms with Crippen LogP contribution in [0.3, 0.4) is 0 Å². The number of hydrogen-bond acceptors (Lipinski definition) is 5. The van der Waals surface area contributed by atoms with Gasteiger partial charge in [0.05, 0.1) is 9.78 Å². The maximum Gasteiger partial charge on any atom is 0.216 e. The minimum Gasteiger partial charge on any atom is -0.506 e. The molecule has 0 bridgehead atoms. The van der Waals surface area contributed by atoms with Gasteiger partial charge in [-0.05, 0) is 81.7 Å². The summed E-state index contributed by atoms with van der Waals surface area (Å²) in [6.45, 7) is 0. The Morgan fingerprint density at radius 2 is 2.17 bits per heavy atom. The van der Waals surface area contributed by atoms with Gasteiger partial charge in [0.1, 0.15) is 5.75 Å². The van der Waals surface area contributed by atoms with E-state index in [2.05, 4.69) is 65.5 Å². The molecule has 3 aromatic rings. The number of hydrogen-bond donors (Lipinski definition) is 2. The lowest BCUT2D eigenvalue weighted by atomic mass is 10.2. The topological polar surface area (TPSA) is 79.1 Å². The first-order valence-electron chi connectivity index (χ1n) is 6.36. The second-order valence-corrected chi connectivity index (χ2v) is 7.27. The van der Waals surface area contributed by atoms with Gasteiger partial charge in [-0.25, -0.2) is 5.10 Å². The third-order valence-corrected chi connectivity index (χ3v) is 4.65. The summed E-state index contributed by atoms with van der Waals surface area (Å²) in [5.41, 5.74) is 1.40. The van der Waals surface area contributed by atoms with Crippen LogP contribution in [0.4, 0.5) is 0 Å². The lowest BCUT2D eigenvalue weighted by molar-refractivity contribution is 0.470. The molecule has 2 heterocycles. The minimum absolute atomic E-state index is 0.188. The van der Waals surface area contributed by atoms with Crippen molar-refractivity contribution in [2.24, 2.45) is 5.10 Å². The molecule has 1 aromatic carbocycles. The maximum absolute atomic E-state index is 10.1. The second-order valence-electron chi connectivity index (χ2n) is 4.48. The molecule has 0 saturated carbocycles. The van der Waals surface area contributed by atoms with Gasteiger partial charge in [-0.3, -0.25) is 4.98 Å². The number of phenolic OH excluding ortho intramolecular Hbond substituents is 1. The molecule has 9 heteroatoms. The molecular weight excluding hydrogens is 540 g/mol. The summed E-state index contributed by atoms with van der Waals surface area (Å²) in [6, 6.07) is 7.41. The SMILES string of the molecule is Oc1c(I)cc(I)cc1/C=N\n1c(-c2cccnc2)n[nH]c1=S. The number of halogens is 2. The third kappa shape index (κ3) is 3.61. The summed E-state index contributed by atoms with van der Waals surface area (Å²) in [4.78, 5) is 4.07. The average molecular weight is 549 g/mol. The third-order valence-electron chi connectivity index (χ3n) is 2.94. The van der Waals surface area contributed by atoms with Crippen molar-refractivity contribution in [3.8, 4) is 17.1 Å². The lowest BCUT2D eigenvalue weighted by Crippen LogP contribution is -1.96. The smallest absolute Gasteiger partial charge is 0.216 e. The average Bonchev–Trinajstić information content (AvgIpc) is 2.91. The summed E-state index contributed by atoms with van der Waals surface area (Å²) in [7, 11) is 0. The summed E-state index contributed by atoms with van der Waals surface area (Å²) in [6.07, 6.45) is 4.93. The van der Waals surface area contributed by atoms with Crippen molar-refractivity contribution in [3.63, 3.8) is 0 Å². The van der Waals surface area contributed by atoms with Gasteiger partial charge in [-0.15, -0.1) is 0 Å². The van der Waals surface area contributed by atoms with Crippen molar-refractivity contribution in [3.05, 3.63) is 54.1 Å². The minimum atomic E-state index is 0.188. The first-order chi connectivity index (χ1) is 11.1. The van der Waals surface area contributed by atoms with E-state index in [0.29, 0.717) is 16.2 Å². The first-order valence-corrected chi connectivity index (χ1v) is 8.93. The fourth-order valence-electron chi connectivity index (χ4n) is 1.88. The van der Waals surface area contributed by atoms with Crippen molar-refractivity contribution < 1.29 is 5.11 Å². The Bertz CT molecular complexity index is 936. The number of benzene rings is 1. The number of aromatic amines is 1. The molecular formula is C14H9I2N5OS. The van der Waals surface area contributed by atoms with E-state index >= 15 is 0 Å². The van der Waals surface area contributed by atoms with E-state index in [1.807, 2.05) is 24.3 Å². The highest BCUT2D eigenvalue weighted by Gasteiger charge is 2.09. The molecule has 0 atom stereocenters. The fraction of sp³-hybridized carbons (Fsp3) is 0. The molecule has 3 rings (SSSR count). The largest absolute Gasteiger partial charge is 0.506 e. The molecule has 116 valence electrons. The molecule has 6 nitrogen and oxygen atoms in total. The normalized spacial score (nSPS) is 11.2. The van der Waals surface area contributed by atoms with Crippen LogP contribution in [0.5, 0.6) is 5.75 Å². The first kappa shape index (κ1) is 16.5. The van der Waals surface area contributed by atoms with Crippen molar-refractivity contribution in [1.29, 1.82) is 0 Å². The van der Waals surface area contributed by atoms with Crippen LogP contribution in [0.15, 0.2) is 41.8 Å². The van der Waals surface area contributed by atoms with Crippen LogP contribution >= 0.6 is 57.4 Å². The van der Waals surface area contributed by atoms with E-state index in [1.165, 1.54) is 4.68 Å². The van der Waals surface area contributed by atoms with Gasteiger partial charge < -0.3 is 5.11 Å². The Kier molecular flexibility index (Phi) is 5.06. The molecule has 0 radical (unpaired) electrons. The second kappa shape index (κ2) is 7.05. The molecule has 0 amide bonds. The fourth-order valence-corrected chi connectivity index (χ4v) is 3.95. The Labute approximate surface area is 163 Å². The van der Waals surface area contributed by atoms with E-state index in [1.54, 1.807) is 18.6 Å². The van der Waals surface area contributed by atoms with Crippen LogP contribution in [0.1, 0.15) is 5.56 Å². The van der Waals surface area contributed by atoms with Gasteiger partial charge >= 0.3 is 0 Å². The molecule has 2 aromatic heterocycles. The number of rotatable bonds is 3. The van der Waals surface area contributed by atoms with E-state index in [9.17, 15) is 5.11 Å². The van der Waals surface area contributed by atoms with Crippen molar-refractivity contribution >= 4 is 63.6 Å². The molecule has 0 spiro atoms. The summed E-state index contributed by atoms with van der Waals surface area (Å²) in [5, 5.41) is 21.4. The van der Waals surface area contributed by atoms with Crippen LogP contribution in [-0.2, 0) is 0 Å². The number of phenols is 1. The van der Waals surface area contributed by atoms with Gasteiger partial charge in [-0.1, -0.05) is 0 Å². The van der Waals surface area contributed by atoms with Crippen molar-refractivity contribution in [2.75, 3.05) is 0 Å². The summed E-state index contributed by atoms with van der Waals surface area (Å²) < 4.78 is 3.63. The van der Waals surface area contributed by atoms with E-state index < -0.39 is 0 Å². The van der Waals surface area contributed by atoms with Crippen molar-refractivity contribution in [1.82, 2.24) is 19.9 Å².